The minimum Gasteiger partial charge on any atom is -0.457 e. The highest BCUT2D eigenvalue weighted by molar-refractivity contribution is 5.76. The molecule has 0 aromatic heterocycles. The SMILES string of the molecule is CCC(C)(C)C(=O)OC1(C(C)(C)COC)C2CC3CC(C2)CC1C3. The molecule has 3 heteroatoms. The number of esters is 1. The quantitative estimate of drug-likeness (QED) is 0.652. The Hall–Kier alpha value is -0.570. The van der Waals surface area contributed by atoms with Crippen LogP contribution in [0, 0.1) is 34.5 Å². The van der Waals surface area contributed by atoms with Gasteiger partial charge in [-0.25, -0.2) is 0 Å². The van der Waals surface area contributed by atoms with E-state index in [0.29, 0.717) is 18.4 Å². The molecule has 0 saturated heterocycles. The summed E-state index contributed by atoms with van der Waals surface area (Å²) in [6.07, 6.45) is 7.16. The van der Waals surface area contributed by atoms with Crippen molar-refractivity contribution in [2.24, 2.45) is 34.5 Å². The van der Waals surface area contributed by atoms with Gasteiger partial charge < -0.3 is 9.47 Å². The summed E-state index contributed by atoms with van der Waals surface area (Å²) in [5.74, 6) is 2.72. The fraction of sp³-hybridized carbons (Fsp3) is 0.952. The number of hydrogen-bond acceptors (Lipinski definition) is 3. The third-order valence-electron chi connectivity index (χ3n) is 7.61. The highest BCUT2D eigenvalue weighted by Crippen LogP contribution is 2.64. The van der Waals surface area contributed by atoms with Crippen LogP contribution in [0.4, 0.5) is 0 Å². The molecule has 4 fully saturated rings. The molecule has 0 aromatic carbocycles. The molecule has 0 heterocycles. The zero-order chi connectivity index (χ0) is 17.8. The molecule has 0 unspecified atom stereocenters. The van der Waals surface area contributed by atoms with Gasteiger partial charge >= 0.3 is 5.97 Å². The zero-order valence-electron chi connectivity index (χ0n) is 16.5. The van der Waals surface area contributed by atoms with Crippen LogP contribution in [0.25, 0.3) is 0 Å². The number of hydrogen-bond donors (Lipinski definition) is 0. The van der Waals surface area contributed by atoms with Gasteiger partial charge in [-0.1, -0.05) is 20.8 Å². The topological polar surface area (TPSA) is 35.5 Å². The predicted molar refractivity (Wildman–Crippen MR) is 95.6 cm³/mol. The van der Waals surface area contributed by atoms with E-state index in [1.165, 1.54) is 32.1 Å². The van der Waals surface area contributed by atoms with Crippen molar-refractivity contribution < 1.29 is 14.3 Å². The van der Waals surface area contributed by atoms with Gasteiger partial charge in [-0.3, -0.25) is 4.79 Å². The monoisotopic (exact) mass is 336 g/mol. The van der Waals surface area contributed by atoms with E-state index in [9.17, 15) is 4.79 Å². The number of carbonyl (C=O) groups excluding carboxylic acids is 1. The number of carbonyl (C=O) groups is 1. The summed E-state index contributed by atoms with van der Waals surface area (Å²) < 4.78 is 12.2. The van der Waals surface area contributed by atoms with Crippen molar-refractivity contribution in [2.45, 2.75) is 78.7 Å². The molecule has 0 aromatic rings. The average Bonchev–Trinajstić information content (AvgIpc) is 2.49. The second kappa shape index (κ2) is 6.00. The Morgan fingerprint density at radius 1 is 1.00 bits per heavy atom. The minimum atomic E-state index is -0.412. The van der Waals surface area contributed by atoms with Crippen molar-refractivity contribution in [1.29, 1.82) is 0 Å². The third kappa shape index (κ3) is 2.62. The van der Waals surface area contributed by atoms with Gasteiger partial charge in [-0.2, -0.15) is 0 Å². The van der Waals surface area contributed by atoms with Gasteiger partial charge in [-0.05, 0) is 64.2 Å². The van der Waals surface area contributed by atoms with E-state index in [1.54, 1.807) is 7.11 Å². The first kappa shape index (κ1) is 18.2. The second-order valence-corrected chi connectivity index (χ2v) is 10.0. The third-order valence-corrected chi connectivity index (χ3v) is 7.61. The Labute approximate surface area is 147 Å². The lowest BCUT2D eigenvalue weighted by Gasteiger charge is -2.65. The highest BCUT2D eigenvalue weighted by atomic mass is 16.6. The van der Waals surface area contributed by atoms with Crippen molar-refractivity contribution in [3.63, 3.8) is 0 Å². The van der Waals surface area contributed by atoms with Crippen LogP contribution in [0.15, 0.2) is 0 Å². The minimum absolute atomic E-state index is 0.0124. The van der Waals surface area contributed by atoms with Gasteiger partial charge in [0.1, 0.15) is 5.60 Å². The fourth-order valence-electron chi connectivity index (χ4n) is 6.20. The van der Waals surface area contributed by atoms with E-state index in [1.807, 2.05) is 13.8 Å². The Balaban J connectivity index is 1.98. The largest absolute Gasteiger partial charge is 0.457 e. The zero-order valence-corrected chi connectivity index (χ0v) is 16.5. The summed E-state index contributed by atoms with van der Waals surface area (Å²) in [5, 5.41) is 0. The van der Waals surface area contributed by atoms with Gasteiger partial charge in [0.2, 0.25) is 0 Å². The summed E-state index contributed by atoms with van der Waals surface area (Å²) in [7, 11) is 1.77. The van der Waals surface area contributed by atoms with Crippen molar-refractivity contribution in [3.05, 3.63) is 0 Å². The molecule has 0 spiro atoms. The van der Waals surface area contributed by atoms with Crippen LogP contribution in [-0.4, -0.2) is 25.3 Å². The normalized spacial score (nSPS) is 38.4. The molecule has 138 valence electrons. The maximum absolute atomic E-state index is 13.1. The van der Waals surface area contributed by atoms with Gasteiger partial charge in [0.05, 0.1) is 12.0 Å². The summed E-state index contributed by atoms with van der Waals surface area (Å²) in [5.41, 5.74) is -0.908. The fourth-order valence-corrected chi connectivity index (χ4v) is 6.20. The van der Waals surface area contributed by atoms with E-state index in [4.69, 9.17) is 9.47 Å². The summed E-state index contributed by atoms with van der Waals surface area (Å²) in [6, 6.07) is 0. The first-order valence-electron chi connectivity index (χ1n) is 9.88. The first-order chi connectivity index (χ1) is 11.2. The van der Waals surface area contributed by atoms with Crippen molar-refractivity contribution in [2.75, 3.05) is 13.7 Å². The van der Waals surface area contributed by atoms with Gasteiger partial charge in [0, 0.05) is 24.4 Å². The van der Waals surface area contributed by atoms with Crippen LogP contribution in [0.2, 0.25) is 0 Å². The first-order valence-corrected chi connectivity index (χ1v) is 9.88. The second-order valence-electron chi connectivity index (χ2n) is 10.0. The Bertz CT molecular complexity index is 463. The molecule has 0 aliphatic heterocycles. The van der Waals surface area contributed by atoms with Crippen LogP contribution in [0.3, 0.4) is 0 Å². The molecular weight excluding hydrogens is 300 g/mol. The molecule has 24 heavy (non-hydrogen) atoms. The number of methoxy groups -OCH3 is 1. The molecule has 4 saturated carbocycles. The summed E-state index contributed by atoms with van der Waals surface area (Å²) in [6.45, 7) is 11.3. The Morgan fingerprint density at radius 2 is 1.50 bits per heavy atom. The van der Waals surface area contributed by atoms with Gasteiger partial charge in [0.25, 0.3) is 0 Å². The molecule has 0 amide bonds. The van der Waals surface area contributed by atoms with E-state index < -0.39 is 5.41 Å². The predicted octanol–water partition coefficient (Wildman–Crippen LogP) is 4.83. The lowest BCUT2D eigenvalue weighted by molar-refractivity contribution is -0.259. The lowest BCUT2D eigenvalue weighted by Crippen LogP contribution is -2.67. The van der Waals surface area contributed by atoms with E-state index in [2.05, 4.69) is 20.8 Å². The summed E-state index contributed by atoms with van der Waals surface area (Å²) in [4.78, 5) is 13.1. The van der Waals surface area contributed by atoms with Crippen LogP contribution >= 0.6 is 0 Å². The molecule has 3 nitrogen and oxygen atoms in total. The van der Waals surface area contributed by atoms with E-state index in [-0.39, 0.29) is 17.0 Å². The van der Waals surface area contributed by atoms with Gasteiger partial charge in [0.15, 0.2) is 0 Å². The van der Waals surface area contributed by atoms with Gasteiger partial charge in [-0.15, -0.1) is 0 Å². The molecule has 4 aliphatic rings. The standard InChI is InChI=1S/C21H36O3/c1-7-19(2,3)18(22)24-21(20(4,5)13-23-6)16-9-14-8-15(11-16)12-17(21)10-14/h14-17H,7-13H2,1-6H3. The van der Waals surface area contributed by atoms with Crippen molar-refractivity contribution in [1.82, 2.24) is 0 Å². The van der Waals surface area contributed by atoms with Crippen LogP contribution in [0.1, 0.15) is 73.1 Å². The van der Waals surface area contributed by atoms with Crippen LogP contribution in [-0.2, 0) is 14.3 Å². The van der Waals surface area contributed by atoms with Crippen molar-refractivity contribution in [3.8, 4) is 0 Å². The molecular formula is C21H36O3. The maximum atomic E-state index is 13.1. The maximum Gasteiger partial charge on any atom is 0.312 e. The molecule has 0 N–H and O–H groups in total. The Kier molecular flexibility index (Phi) is 4.56. The van der Waals surface area contributed by atoms with Crippen LogP contribution < -0.4 is 0 Å². The smallest absolute Gasteiger partial charge is 0.312 e. The molecule has 4 rings (SSSR count). The molecule has 4 bridgehead atoms. The van der Waals surface area contributed by atoms with E-state index >= 15 is 0 Å². The van der Waals surface area contributed by atoms with Crippen molar-refractivity contribution >= 4 is 5.97 Å². The number of ether oxygens (including phenoxy) is 2. The lowest BCUT2D eigenvalue weighted by atomic mass is 9.44. The highest BCUT2D eigenvalue weighted by Gasteiger charge is 2.65. The average molecular weight is 337 g/mol. The molecule has 4 aliphatic carbocycles. The Morgan fingerprint density at radius 3 is 1.92 bits per heavy atom. The summed E-state index contributed by atoms with van der Waals surface area (Å²) >= 11 is 0. The van der Waals surface area contributed by atoms with Crippen LogP contribution in [0.5, 0.6) is 0 Å². The molecule has 0 radical (unpaired) electrons. The van der Waals surface area contributed by atoms with E-state index in [0.717, 1.165) is 18.3 Å². The number of rotatable bonds is 6. The molecule has 0 atom stereocenters.